The molecule has 1 aliphatic carbocycles. The van der Waals surface area contributed by atoms with E-state index in [-0.39, 0.29) is 18.3 Å². The van der Waals surface area contributed by atoms with Crippen LogP contribution < -0.4 is 5.73 Å². The zero-order chi connectivity index (χ0) is 23.8. The molecule has 8 nitrogen and oxygen atoms in total. The van der Waals surface area contributed by atoms with Crippen molar-refractivity contribution in [1.29, 1.82) is 5.41 Å². The first-order chi connectivity index (χ1) is 15.7. The molecule has 172 valence electrons. The van der Waals surface area contributed by atoms with Crippen molar-refractivity contribution in [2.24, 2.45) is 12.8 Å². The number of fused-ring (bicyclic) bond motifs is 1. The molecule has 4 rings (SSSR count). The lowest BCUT2D eigenvalue weighted by Gasteiger charge is -2.23. The summed E-state index contributed by atoms with van der Waals surface area (Å²) in [6.45, 7) is 2.00. The average Bonchev–Trinajstić information content (AvgIpc) is 3.54. The summed E-state index contributed by atoms with van der Waals surface area (Å²) in [5.41, 5.74) is 9.50. The first-order valence-electron chi connectivity index (χ1n) is 11.1. The van der Waals surface area contributed by atoms with E-state index in [9.17, 15) is 9.59 Å². The number of ether oxygens (including phenoxy) is 1. The molecule has 2 aromatic carbocycles. The third-order valence-corrected chi connectivity index (χ3v) is 6.33. The number of rotatable bonds is 8. The number of amidine groups is 1. The topological polar surface area (TPSA) is 114 Å². The molecular formula is C25H29N5O3. The Balaban J connectivity index is 1.56. The van der Waals surface area contributed by atoms with Crippen LogP contribution in [0.25, 0.3) is 11.0 Å². The van der Waals surface area contributed by atoms with Gasteiger partial charge >= 0.3 is 5.97 Å². The highest BCUT2D eigenvalue weighted by atomic mass is 16.5. The molecule has 1 fully saturated rings. The number of aromatic nitrogens is 2. The van der Waals surface area contributed by atoms with Gasteiger partial charge in [-0.2, -0.15) is 0 Å². The Morgan fingerprint density at radius 1 is 1.21 bits per heavy atom. The number of hydrogen-bond acceptors (Lipinski definition) is 5. The van der Waals surface area contributed by atoms with Crippen LogP contribution in [0.1, 0.15) is 42.3 Å². The summed E-state index contributed by atoms with van der Waals surface area (Å²) in [5, 5.41) is 7.53. The molecule has 33 heavy (non-hydrogen) atoms. The second kappa shape index (κ2) is 8.69. The van der Waals surface area contributed by atoms with E-state index in [0.717, 1.165) is 40.8 Å². The zero-order valence-corrected chi connectivity index (χ0v) is 19.2. The van der Waals surface area contributed by atoms with Crippen molar-refractivity contribution < 1.29 is 14.3 Å². The number of esters is 1. The van der Waals surface area contributed by atoms with Gasteiger partial charge in [0.1, 0.15) is 18.2 Å². The number of carbonyl (C=O) groups is 2. The molecule has 0 spiro atoms. The normalized spacial score (nSPS) is 14.2. The predicted octanol–water partition coefficient (Wildman–Crippen LogP) is 2.50. The lowest BCUT2D eigenvalue weighted by molar-refractivity contribution is -0.148. The third-order valence-electron chi connectivity index (χ3n) is 6.33. The molecule has 1 heterocycles. The van der Waals surface area contributed by atoms with Crippen molar-refractivity contribution in [1.82, 2.24) is 14.5 Å². The van der Waals surface area contributed by atoms with Crippen LogP contribution in [0.2, 0.25) is 0 Å². The molecule has 0 atom stereocenters. The van der Waals surface area contributed by atoms with Crippen LogP contribution in [0.15, 0.2) is 42.5 Å². The second-order valence-corrected chi connectivity index (χ2v) is 8.63. The Bertz CT molecular complexity index is 1220. The maximum absolute atomic E-state index is 13.2. The Morgan fingerprint density at radius 2 is 1.91 bits per heavy atom. The van der Waals surface area contributed by atoms with Crippen molar-refractivity contribution >= 4 is 28.7 Å². The maximum Gasteiger partial charge on any atom is 0.325 e. The SMILES string of the molecule is CCOC(=O)CN(C)C(=O)C1(c2ccc3c(c2)nc(Cc2ccc(C(=N)N)cc2)n3C)CC1. The molecule has 0 radical (unpaired) electrons. The van der Waals surface area contributed by atoms with Crippen LogP contribution in [0.5, 0.6) is 0 Å². The quantitative estimate of drug-likeness (QED) is 0.313. The molecule has 1 amide bonds. The molecular weight excluding hydrogens is 418 g/mol. The highest BCUT2D eigenvalue weighted by Crippen LogP contribution is 2.50. The van der Waals surface area contributed by atoms with Gasteiger partial charge in [-0.1, -0.05) is 30.3 Å². The summed E-state index contributed by atoms with van der Waals surface area (Å²) >= 11 is 0. The smallest absolute Gasteiger partial charge is 0.325 e. The number of hydrogen-bond donors (Lipinski definition) is 2. The number of likely N-dealkylation sites (N-methyl/N-ethyl adjacent to an activating group) is 1. The fraction of sp³-hybridized carbons (Fsp3) is 0.360. The first kappa shape index (κ1) is 22.5. The highest BCUT2D eigenvalue weighted by Gasteiger charge is 2.52. The monoisotopic (exact) mass is 447 g/mol. The van der Waals surface area contributed by atoms with Gasteiger partial charge in [0.05, 0.1) is 23.1 Å². The zero-order valence-electron chi connectivity index (χ0n) is 19.2. The van der Waals surface area contributed by atoms with E-state index in [1.165, 1.54) is 4.90 Å². The number of nitrogen functional groups attached to an aromatic ring is 1. The van der Waals surface area contributed by atoms with Gasteiger partial charge in [0, 0.05) is 26.1 Å². The van der Waals surface area contributed by atoms with Crippen LogP contribution in [0.3, 0.4) is 0 Å². The van der Waals surface area contributed by atoms with Crippen LogP contribution >= 0.6 is 0 Å². The molecule has 3 aromatic rings. The summed E-state index contributed by atoms with van der Waals surface area (Å²) in [6, 6.07) is 13.6. The summed E-state index contributed by atoms with van der Waals surface area (Å²) in [4.78, 5) is 31.3. The van der Waals surface area contributed by atoms with Gasteiger partial charge < -0.3 is 19.9 Å². The van der Waals surface area contributed by atoms with E-state index in [0.29, 0.717) is 18.6 Å². The summed E-state index contributed by atoms with van der Waals surface area (Å²) in [6.07, 6.45) is 2.16. The second-order valence-electron chi connectivity index (χ2n) is 8.63. The minimum absolute atomic E-state index is 0.0488. The van der Waals surface area contributed by atoms with Crippen LogP contribution in [-0.2, 0) is 33.2 Å². The fourth-order valence-electron chi connectivity index (χ4n) is 4.28. The van der Waals surface area contributed by atoms with Crippen molar-refractivity contribution in [3.63, 3.8) is 0 Å². The first-order valence-corrected chi connectivity index (χ1v) is 11.1. The molecule has 1 saturated carbocycles. The molecule has 0 saturated heterocycles. The molecule has 0 aliphatic heterocycles. The lowest BCUT2D eigenvalue weighted by Crippen LogP contribution is -2.40. The van der Waals surface area contributed by atoms with E-state index in [1.54, 1.807) is 14.0 Å². The number of nitrogens with one attached hydrogen (secondary N) is 1. The maximum atomic E-state index is 13.2. The summed E-state index contributed by atoms with van der Waals surface area (Å²) in [5.74, 6) is 0.503. The van der Waals surface area contributed by atoms with Gasteiger partial charge in [-0.15, -0.1) is 0 Å². The lowest BCUT2D eigenvalue weighted by atomic mass is 9.94. The van der Waals surface area contributed by atoms with Crippen molar-refractivity contribution in [2.75, 3.05) is 20.2 Å². The molecule has 1 aliphatic rings. The van der Waals surface area contributed by atoms with Gasteiger partial charge in [0.15, 0.2) is 0 Å². The minimum atomic E-state index is -0.588. The van der Waals surface area contributed by atoms with Crippen molar-refractivity contribution in [3.05, 3.63) is 65.0 Å². The number of nitrogens with two attached hydrogens (primary N) is 1. The predicted molar refractivity (Wildman–Crippen MR) is 126 cm³/mol. The van der Waals surface area contributed by atoms with Gasteiger partial charge in [0.2, 0.25) is 5.91 Å². The van der Waals surface area contributed by atoms with E-state index in [2.05, 4.69) is 4.57 Å². The average molecular weight is 448 g/mol. The van der Waals surface area contributed by atoms with E-state index >= 15 is 0 Å². The fourth-order valence-corrected chi connectivity index (χ4v) is 4.28. The van der Waals surface area contributed by atoms with Gasteiger partial charge in [-0.3, -0.25) is 15.0 Å². The van der Waals surface area contributed by atoms with Crippen LogP contribution in [0.4, 0.5) is 0 Å². The van der Waals surface area contributed by atoms with Gasteiger partial charge in [0.25, 0.3) is 0 Å². The number of benzene rings is 2. The summed E-state index contributed by atoms with van der Waals surface area (Å²) in [7, 11) is 3.63. The van der Waals surface area contributed by atoms with E-state index < -0.39 is 11.4 Å². The Morgan fingerprint density at radius 3 is 2.52 bits per heavy atom. The standard InChI is InChI=1S/C25H29N5O3/c1-4-33-22(31)15-29(2)24(32)25(11-12-25)18-9-10-20-19(14-18)28-21(30(20)3)13-16-5-7-17(8-6-16)23(26)27/h5-10,14H,4,11-13,15H2,1-3H3,(H3,26,27). The third kappa shape index (κ3) is 4.33. The van der Waals surface area contributed by atoms with Crippen molar-refractivity contribution in [2.45, 2.75) is 31.6 Å². The molecule has 0 bridgehead atoms. The highest BCUT2D eigenvalue weighted by molar-refractivity contribution is 5.95. The Kier molecular flexibility index (Phi) is 5.93. The van der Waals surface area contributed by atoms with Crippen molar-refractivity contribution in [3.8, 4) is 0 Å². The van der Waals surface area contributed by atoms with E-state index in [1.807, 2.05) is 49.5 Å². The molecule has 3 N–H and O–H groups in total. The molecule has 0 unspecified atom stereocenters. The Labute approximate surface area is 192 Å². The summed E-state index contributed by atoms with van der Waals surface area (Å²) < 4.78 is 7.04. The van der Waals surface area contributed by atoms with E-state index in [4.69, 9.17) is 20.9 Å². The number of aryl methyl sites for hydroxylation is 1. The number of nitrogens with zero attached hydrogens (tertiary/aromatic N) is 3. The number of carbonyl (C=O) groups excluding carboxylic acids is 2. The molecule has 8 heteroatoms. The number of imidazole rings is 1. The van der Waals surface area contributed by atoms with Crippen LogP contribution in [0, 0.1) is 5.41 Å². The van der Waals surface area contributed by atoms with Crippen LogP contribution in [-0.4, -0.2) is 52.4 Å². The molecule has 1 aromatic heterocycles. The van der Waals surface area contributed by atoms with Gasteiger partial charge in [-0.25, -0.2) is 4.98 Å². The minimum Gasteiger partial charge on any atom is -0.465 e. The van der Waals surface area contributed by atoms with Gasteiger partial charge in [-0.05, 0) is 43.0 Å². The largest absolute Gasteiger partial charge is 0.465 e. The number of amides is 1. The Hall–Kier alpha value is -3.68.